The van der Waals surface area contributed by atoms with Crippen molar-refractivity contribution in [2.75, 3.05) is 11.5 Å². The number of nitro benzene ring substituents is 2. The molecule has 4 aromatic rings. The fraction of sp³-hybridized carbons (Fsp3) is 0. The Bertz CT molecular complexity index is 1760. The monoisotopic (exact) mass is 936 g/mol. The normalized spacial score (nSPS) is 9.10. The number of aldehydes is 2. The Morgan fingerprint density at radius 3 is 1.47 bits per heavy atom. The molecule has 0 heterocycles. The molecule has 0 unspecified atom stereocenters. The number of nitrogen functional groups attached to an aromatic ring is 2. The molecule has 4 rings (SSSR count). The van der Waals surface area contributed by atoms with Gasteiger partial charge in [-0.15, -0.1) is 0 Å². The summed E-state index contributed by atoms with van der Waals surface area (Å²) in [4.78, 5) is 50.4. The average Bonchev–Trinajstić information content (AvgIpc) is 3.06. The number of ether oxygens (including phenoxy) is 1. The van der Waals surface area contributed by atoms with E-state index < -0.39 is 67.4 Å². The standard InChI is InChI=1S/C13H8F2N2O4.C7H6O2.C6H3F3N2O2.CH2O3.2Cs.H/c14-9-5-10(17(19)20)12(16)11(15)13(9)21-8-3-1-7(6-18)2-4-8;8-5-6-1-3-7(9)4-2-6;7-2-1-3(11(12)13)6(10)5(9)4(2)8;2-1-4-3;;;/h1-6H,16H2;1-5,9H;1H,10H2;1,3H;;;/q;;;;2*+1;-1/p-1. The molecule has 0 aromatic heterocycles. The number of carbonyl (C=O) groups is 3. The molecule has 0 atom stereocenters. The number of nitrogens with zero attached hydrogens (tertiary/aromatic N) is 2. The van der Waals surface area contributed by atoms with E-state index in [1.54, 1.807) is 12.1 Å². The van der Waals surface area contributed by atoms with E-state index in [0.717, 1.165) is 6.29 Å². The maximum Gasteiger partial charge on any atom is 1.00 e. The number of nitrogens with two attached hydrogens (primary N) is 2. The van der Waals surface area contributed by atoms with Crippen molar-refractivity contribution in [3.8, 4) is 17.2 Å². The molecule has 22 heteroatoms. The van der Waals surface area contributed by atoms with Crippen LogP contribution in [0.2, 0.25) is 0 Å². The van der Waals surface area contributed by atoms with Crippen LogP contribution < -0.4 is 159 Å². The molecule has 15 nitrogen and oxygen atoms in total. The van der Waals surface area contributed by atoms with Gasteiger partial charge in [0.1, 0.15) is 29.8 Å². The van der Waals surface area contributed by atoms with Gasteiger partial charge < -0.3 is 32.9 Å². The molecule has 0 aliphatic rings. The summed E-state index contributed by atoms with van der Waals surface area (Å²) < 4.78 is 69.9. The van der Waals surface area contributed by atoms with Crippen LogP contribution in [0.1, 0.15) is 22.1 Å². The van der Waals surface area contributed by atoms with E-state index in [-0.39, 0.29) is 163 Å². The number of hydrogen-bond acceptors (Lipinski definition) is 13. The number of carbonyl (C=O) groups excluding carboxylic acids is 3. The second kappa shape index (κ2) is 24.5. The largest absolute Gasteiger partial charge is 1.00 e. The molecular formula is C27H19Cs2F5N4O11. The number of phenols is 1. The van der Waals surface area contributed by atoms with E-state index >= 15 is 0 Å². The summed E-state index contributed by atoms with van der Waals surface area (Å²) >= 11 is 0. The number of aromatic hydroxyl groups is 1. The molecule has 0 amide bonds. The zero-order chi connectivity index (χ0) is 35.8. The van der Waals surface area contributed by atoms with Crippen molar-refractivity contribution in [2.24, 2.45) is 0 Å². The molecule has 0 radical (unpaired) electrons. The molecule has 49 heavy (non-hydrogen) atoms. The van der Waals surface area contributed by atoms with E-state index in [2.05, 4.69) is 4.89 Å². The van der Waals surface area contributed by atoms with Gasteiger partial charge in [0, 0.05) is 11.1 Å². The van der Waals surface area contributed by atoms with Gasteiger partial charge in [-0.2, -0.15) is 0 Å². The van der Waals surface area contributed by atoms with Crippen LogP contribution in [0.5, 0.6) is 17.2 Å². The molecule has 0 aliphatic carbocycles. The first kappa shape index (κ1) is 48.5. The van der Waals surface area contributed by atoms with Crippen LogP contribution in [0.4, 0.5) is 44.7 Å². The second-order valence-corrected chi connectivity index (χ2v) is 8.06. The summed E-state index contributed by atoms with van der Waals surface area (Å²) in [6.45, 7) is -0.181. The predicted octanol–water partition coefficient (Wildman–Crippen LogP) is -1.59. The summed E-state index contributed by atoms with van der Waals surface area (Å²) in [5.41, 5.74) is 7.30. The van der Waals surface area contributed by atoms with Crippen molar-refractivity contribution in [1.29, 1.82) is 0 Å². The maximum atomic E-state index is 13.9. The Morgan fingerprint density at radius 2 is 1.08 bits per heavy atom. The number of anilines is 2. The summed E-state index contributed by atoms with van der Waals surface area (Å²) in [5.74, 6) is -8.44. The second-order valence-electron chi connectivity index (χ2n) is 8.06. The quantitative estimate of drug-likeness (QED) is 0.0360. The number of halogens is 5. The first-order valence-electron chi connectivity index (χ1n) is 11.8. The number of rotatable bonds is 7. The Balaban J connectivity index is -0.000000656. The van der Waals surface area contributed by atoms with Gasteiger partial charge in [0.25, 0.3) is 17.8 Å². The Morgan fingerprint density at radius 1 is 0.694 bits per heavy atom. The van der Waals surface area contributed by atoms with E-state index in [9.17, 15) is 51.8 Å². The molecule has 0 saturated heterocycles. The van der Waals surface area contributed by atoms with Crippen molar-refractivity contribution < 1.29 is 205 Å². The van der Waals surface area contributed by atoms with Crippen LogP contribution in [-0.4, -0.2) is 34.0 Å². The molecule has 0 spiro atoms. The first-order chi connectivity index (χ1) is 22.1. The van der Waals surface area contributed by atoms with E-state index in [4.69, 9.17) is 31.4 Å². The third kappa shape index (κ3) is 15.5. The number of benzene rings is 4. The van der Waals surface area contributed by atoms with Gasteiger partial charge in [-0.3, -0.25) is 34.6 Å². The molecule has 4 aromatic carbocycles. The SMILES string of the molecule is Nc1c([N+](=O)[O-])cc(F)c(F)c1F.Nc1c([N+](=O)[O-])cc(F)c(Oc2ccc(C=O)cc2)c1F.O=CO[O-].O=Cc1ccc(O)cc1.[Cs+].[Cs+].[H-]. The fourth-order valence-corrected chi connectivity index (χ4v) is 2.88. The third-order valence-corrected chi connectivity index (χ3v) is 5.07. The minimum atomic E-state index is -1.82. The van der Waals surface area contributed by atoms with Gasteiger partial charge in [0.05, 0.1) is 22.0 Å². The Kier molecular flexibility index (Phi) is 24.3. The van der Waals surface area contributed by atoms with Crippen LogP contribution in [0.25, 0.3) is 0 Å². The molecular weight excluding hydrogens is 917 g/mol. The molecule has 5 N–H and O–H groups in total. The molecule has 0 fully saturated rings. The summed E-state index contributed by atoms with van der Waals surface area (Å²) in [6.07, 6.45) is 1.33. The van der Waals surface area contributed by atoms with Crippen LogP contribution in [-0.2, 0) is 9.68 Å². The average molecular weight is 936 g/mol. The summed E-state index contributed by atoms with van der Waals surface area (Å²) in [6, 6.07) is 12.2. The van der Waals surface area contributed by atoms with Crippen LogP contribution in [0, 0.1) is 49.3 Å². The summed E-state index contributed by atoms with van der Waals surface area (Å²) in [7, 11) is 0. The Labute approximate surface area is 390 Å². The molecule has 0 aliphatic heterocycles. The minimum absolute atomic E-state index is 0. The van der Waals surface area contributed by atoms with Crippen molar-refractivity contribution >= 4 is 41.8 Å². The molecule has 0 bridgehead atoms. The van der Waals surface area contributed by atoms with E-state index in [1.165, 1.54) is 36.4 Å². The zero-order valence-electron chi connectivity index (χ0n) is 26.0. The van der Waals surface area contributed by atoms with Gasteiger partial charge in [0.2, 0.25) is 5.75 Å². The van der Waals surface area contributed by atoms with Gasteiger partial charge in [-0.25, -0.2) is 22.0 Å². The zero-order valence-corrected chi connectivity index (χ0v) is 37.5. The molecule has 0 saturated carbocycles. The third-order valence-electron chi connectivity index (χ3n) is 5.07. The van der Waals surface area contributed by atoms with Gasteiger partial charge in [-0.05, 0) is 48.5 Å². The van der Waals surface area contributed by atoms with E-state index in [1.807, 2.05) is 0 Å². The number of nitro groups is 2. The minimum Gasteiger partial charge on any atom is -1.00 e. The summed E-state index contributed by atoms with van der Waals surface area (Å²) in [5, 5.41) is 37.9. The van der Waals surface area contributed by atoms with Gasteiger partial charge >= 0.3 is 138 Å². The predicted molar refractivity (Wildman–Crippen MR) is 148 cm³/mol. The number of hydrogen-bond donors (Lipinski definition) is 3. The molecule has 250 valence electrons. The van der Waals surface area contributed by atoms with Crippen molar-refractivity contribution in [3.63, 3.8) is 0 Å². The van der Waals surface area contributed by atoms with Gasteiger partial charge in [-0.1, -0.05) is 0 Å². The van der Waals surface area contributed by atoms with E-state index in [0.29, 0.717) is 23.5 Å². The smallest absolute Gasteiger partial charge is 1.00 e. The maximum absolute atomic E-state index is 13.9. The van der Waals surface area contributed by atoms with Crippen molar-refractivity contribution in [1.82, 2.24) is 0 Å². The van der Waals surface area contributed by atoms with Crippen LogP contribution >= 0.6 is 0 Å². The Hall–Kier alpha value is -2.60. The van der Waals surface area contributed by atoms with Crippen molar-refractivity contribution in [2.45, 2.75) is 0 Å². The number of phenolic OH excluding ortho intramolecular Hbond substituents is 1. The van der Waals surface area contributed by atoms with Gasteiger partial charge in [0.15, 0.2) is 34.8 Å². The first-order valence-corrected chi connectivity index (χ1v) is 11.8. The fourth-order valence-electron chi connectivity index (χ4n) is 2.88. The van der Waals surface area contributed by atoms with Crippen LogP contribution in [0.15, 0.2) is 60.7 Å². The van der Waals surface area contributed by atoms with Crippen LogP contribution in [0.3, 0.4) is 0 Å². The topological polar surface area (TPSA) is 251 Å². The van der Waals surface area contributed by atoms with Crippen molar-refractivity contribution in [3.05, 3.63) is 121 Å².